The van der Waals surface area contributed by atoms with E-state index in [-0.39, 0.29) is 0 Å². The van der Waals surface area contributed by atoms with Crippen molar-refractivity contribution in [2.75, 3.05) is 12.3 Å². The molecule has 4 nitrogen and oxygen atoms in total. The van der Waals surface area contributed by atoms with E-state index >= 15 is 0 Å². The minimum Gasteiger partial charge on any atom is -0.313 e. The van der Waals surface area contributed by atoms with Gasteiger partial charge < -0.3 is 5.32 Å². The minimum absolute atomic E-state index is 0.340. The number of hydrogen-bond acceptors (Lipinski definition) is 4. The quantitative estimate of drug-likeness (QED) is 0.807. The van der Waals surface area contributed by atoms with Gasteiger partial charge in [-0.1, -0.05) is 11.6 Å². The van der Waals surface area contributed by atoms with Crippen molar-refractivity contribution < 1.29 is 4.21 Å². The van der Waals surface area contributed by atoms with Crippen molar-refractivity contribution in [1.29, 1.82) is 0 Å². The maximum Gasteiger partial charge on any atom is 0.133 e. The molecule has 1 saturated heterocycles. The predicted octanol–water partition coefficient (Wildman–Crippen LogP) is 0.990. The number of nitrogens with zero attached hydrogens (tertiary/aromatic N) is 2. The molecule has 1 aromatic heterocycles. The Kier molecular flexibility index (Phi) is 3.66. The Bertz CT molecular complexity index is 368. The number of nitrogens with one attached hydrogen (secondary N) is 1. The zero-order valence-corrected chi connectivity index (χ0v) is 9.72. The van der Waals surface area contributed by atoms with E-state index in [9.17, 15) is 4.21 Å². The van der Waals surface area contributed by atoms with E-state index in [4.69, 9.17) is 11.6 Å². The molecule has 82 valence electrons. The van der Waals surface area contributed by atoms with Crippen molar-refractivity contribution in [1.82, 2.24) is 15.3 Å². The summed E-state index contributed by atoms with van der Waals surface area (Å²) in [6.45, 7) is 1.02. The van der Waals surface area contributed by atoms with Crippen LogP contribution in [0.5, 0.6) is 0 Å². The van der Waals surface area contributed by atoms with E-state index in [0.717, 1.165) is 19.4 Å². The monoisotopic (exact) mass is 245 g/mol. The van der Waals surface area contributed by atoms with Crippen molar-refractivity contribution >= 4 is 22.4 Å². The lowest BCUT2D eigenvalue weighted by Gasteiger charge is -2.08. The molecule has 0 amide bonds. The molecular formula is C9H12ClN3OS. The van der Waals surface area contributed by atoms with Crippen molar-refractivity contribution in [2.45, 2.75) is 23.9 Å². The van der Waals surface area contributed by atoms with Gasteiger partial charge in [-0.05, 0) is 19.4 Å². The van der Waals surface area contributed by atoms with Gasteiger partial charge in [-0.2, -0.15) is 0 Å². The molecule has 1 N–H and O–H groups in total. The van der Waals surface area contributed by atoms with Crippen LogP contribution in [-0.2, 0) is 10.8 Å². The molecule has 0 saturated carbocycles. The fraction of sp³-hybridized carbons (Fsp3) is 0.556. The van der Waals surface area contributed by atoms with Gasteiger partial charge in [0.2, 0.25) is 0 Å². The van der Waals surface area contributed by atoms with E-state index in [1.54, 1.807) is 6.07 Å². The summed E-state index contributed by atoms with van der Waals surface area (Å²) in [6.07, 6.45) is 3.59. The second kappa shape index (κ2) is 5.01. The summed E-state index contributed by atoms with van der Waals surface area (Å²) in [5.41, 5.74) is 0. The SMILES string of the molecule is O=[S@@](C[C@@H]1CCCN1)c1cc(Cl)ncn1. The van der Waals surface area contributed by atoms with Crippen LogP contribution >= 0.6 is 11.6 Å². The van der Waals surface area contributed by atoms with Crippen molar-refractivity contribution in [2.24, 2.45) is 0 Å². The van der Waals surface area contributed by atoms with Crippen LogP contribution in [0.1, 0.15) is 12.8 Å². The van der Waals surface area contributed by atoms with Crippen LogP contribution in [0.25, 0.3) is 0 Å². The molecule has 0 radical (unpaired) electrons. The van der Waals surface area contributed by atoms with Crippen LogP contribution in [0.2, 0.25) is 5.15 Å². The van der Waals surface area contributed by atoms with Gasteiger partial charge in [0.15, 0.2) is 0 Å². The molecule has 6 heteroatoms. The smallest absolute Gasteiger partial charge is 0.133 e. The molecule has 1 aromatic rings. The van der Waals surface area contributed by atoms with Gasteiger partial charge in [0.1, 0.15) is 16.5 Å². The number of aromatic nitrogens is 2. The maximum absolute atomic E-state index is 11.9. The summed E-state index contributed by atoms with van der Waals surface area (Å²) >= 11 is 5.70. The highest BCUT2D eigenvalue weighted by Crippen LogP contribution is 2.12. The Labute approximate surface area is 95.9 Å². The fourth-order valence-corrected chi connectivity index (χ4v) is 3.05. The number of rotatable bonds is 3. The van der Waals surface area contributed by atoms with Gasteiger partial charge in [0, 0.05) is 17.9 Å². The Morgan fingerprint density at radius 3 is 3.13 bits per heavy atom. The van der Waals surface area contributed by atoms with Crippen LogP contribution in [0.4, 0.5) is 0 Å². The summed E-state index contributed by atoms with van der Waals surface area (Å²) < 4.78 is 11.9. The first-order chi connectivity index (χ1) is 7.25. The molecule has 2 rings (SSSR count). The van der Waals surface area contributed by atoms with E-state index in [0.29, 0.717) is 22.0 Å². The molecular weight excluding hydrogens is 234 g/mol. The second-order valence-corrected chi connectivity index (χ2v) is 5.31. The summed E-state index contributed by atoms with van der Waals surface area (Å²) in [5.74, 6) is 0.605. The maximum atomic E-state index is 11.9. The molecule has 15 heavy (non-hydrogen) atoms. The molecule has 0 spiro atoms. The molecule has 2 atom stereocenters. The lowest BCUT2D eigenvalue weighted by molar-refractivity contribution is 0.641. The molecule has 0 aromatic carbocycles. The third-order valence-corrected chi connectivity index (χ3v) is 3.96. The number of hydrogen-bond donors (Lipinski definition) is 1. The Hall–Kier alpha value is -0.520. The molecule has 0 unspecified atom stereocenters. The first-order valence-corrected chi connectivity index (χ1v) is 6.55. The van der Waals surface area contributed by atoms with Crippen LogP contribution in [0.3, 0.4) is 0 Å². The average molecular weight is 246 g/mol. The van der Waals surface area contributed by atoms with Crippen molar-refractivity contribution in [3.05, 3.63) is 17.5 Å². The van der Waals surface area contributed by atoms with Gasteiger partial charge in [0.25, 0.3) is 0 Å². The van der Waals surface area contributed by atoms with Gasteiger partial charge in [-0.15, -0.1) is 0 Å². The van der Waals surface area contributed by atoms with Gasteiger partial charge in [-0.25, -0.2) is 9.97 Å². The Morgan fingerprint density at radius 1 is 1.60 bits per heavy atom. The molecule has 1 fully saturated rings. The Morgan fingerprint density at radius 2 is 2.47 bits per heavy atom. The highest BCUT2D eigenvalue weighted by molar-refractivity contribution is 7.85. The fourth-order valence-electron chi connectivity index (χ4n) is 1.61. The topological polar surface area (TPSA) is 54.9 Å². The van der Waals surface area contributed by atoms with E-state index in [1.165, 1.54) is 6.33 Å². The van der Waals surface area contributed by atoms with Crippen LogP contribution in [-0.4, -0.2) is 32.5 Å². The predicted molar refractivity (Wildman–Crippen MR) is 59.3 cm³/mol. The molecule has 1 aliphatic rings. The first kappa shape index (κ1) is 11.0. The molecule has 0 bridgehead atoms. The standard InChI is InChI=1S/C9H12ClN3OS/c10-8-4-9(13-6-12-8)15(14)5-7-2-1-3-11-7/h4,6-7,11H,1-3,5H2/t7-,15-/m0/s1. The zero-order valence-electron chi connectivity index (χ0n) is 8.15. The summed E-state index contributed by atoms with van der Waals surface area (Å²) in [6, 6.07) is 1.91. The summed E-state index contributed by atoms with van der Waals surface area (Å²) in [4.78, 5) is 7.72. The van der Waals surface area contributed by atoms with E-state index in [2.05, 4.69) is 15.3 Å². The van der Waals surface area contributed by atoms with Gasteiger partial charge in [0.05, 0.1) is 10.8 Å². The summed E-state index contributed by atoms with van der Waals surface area (Å²) in [5, 5.41) is 4.16. The highest BCUT2D eigenvalue weighted by atomic mass is 35.5. The van der Waals surface area contributed by atoms with Crippen LogP contribution in [0, 0.1) is 0 Å². The minimum atomic E-state index is -1.08. The lowest BCUT2D eigenvalue weighted by atomic mass is 10.3. The van der Waals surface area contributed by atoms with Crippen molar-refractivity contribution in [3.63, 3.8) is 0 Å². The van der Waals surface area contributed by atoms with Crippen LogP contribution in [0.15, 0.2) is 17.4 Å². The van der Waals surface area contributed by atoms with Crippen LogP contribution < -0.4 is 5.32 Å². The summed E-state index contributed by atoms with van der Waals surface area (Å²) in [7, 11) is -1.08. The highest BCUT2D eigenvalue weighted by Gasteiger charge is 2.18. The third-order valence-electron chi connectivity index (χ3n) is 2.36. The average Bonchev–Trinajstić information content (AvgIpc) is 2.70. The van der Waals surface area contributed by atoms with Gasteiger partial charge in [-0.3, -0.25) is 4.21 Å². The lowest BCUT2D eigenvalue weighted by Crippen LogP contribution is -2.27. The third kappa shape index (κ3) is 2.96. The number of halogens is 1. The van der Waals surface area contributed by atoms with Crippen molar-refractivity contribution in [3.8, 4) is 0 Å². The zero-order chi connectivity index (χ0) is 10.7. The second-order valence-electron chi connectivity index (χ2n) is 3.48. The van der Waals surface area contributed by atoms with E-state index in [1.807, 2.05) is 0 Å². The normalized spacial score (nSPS) is 22.9. The molecule has 2 heterocycles. The molecule has 1 aliphatic heterocycles. The largest absolute Gasteiger partial charge is 0.313 e. The Balaban J connectivity index is 2.01. The van der Waals surface area contributed by atoms with E-state index < -0.39 is 10.8 Å². The first-order valence-electron chi connectivity index (χ1n) is 4.85. The molecule has 0 aliphatic carbocycles. The van der Waals surface area contributed by atoms with Gasteiger partial charge >= 0.3 is 0 Å².